The Hall–Kier alpha value is -3.03. The minimum Gasteiger partial charge on any atom is -0.419 e. The number of amides is 3. The molecule has 30 heavy (non-hydrogen) atoms. The zero-order chi connectivity index (χ0) is 21.1. The second-order valence-corrected chi connectivity index (χ2v) is 8.05. The van der Waals surface area contributed by atoms with E-state index in [4.69, 9.17) is 4.42 Å². The van der Waals surface area contributed by atoms with Gasteiger partial charge in [0.25, 0.3) is 0 Å². The molecule has 1 saturated carbocycles. The number of hydrogen-bond donors (Lipinski definition) is 0. The van der Waals surface area contributed by atoms with Gasteiger partial charge in [0, 0.05) is 25.6 Å². The molecule has 1 aromatic carbocycles. The van der Waals surface area contributed by atoms with E-state index in [0.29, 0.717) is 24.7 Å². The number of benzene rings is 1. The quantitative estimate of drug-likeness (QED) is 0.651. The van der Waals surface area contributed by atoms with Crippen LogP contribution in [0.3, 0.4) is 0 Å². The van der Waals surface area contributed by atoms with Gasteiger partial charge in [0.15, 0.2) is 0 Å². The molecule has 2 heterocycles. The number of carbonyl (C=O) groups is 3. The summed E-state index contributed by atoms with van der Waals surface area (Å²) in [7, 11) is 1.68. The molecule has 1 saturated heterocycles. The van der Waals surface area contributed by atoms with E-state index in [9.17, 15) is 14.4 Å². The average molecular weight is 410 g/mol. The number of likely N-dealkylation sites (tertiary alicyclic amines) is 1. The lowest BCUT2D eigenvalue weighted by molar-refractivity contribution is -0.140. The zero-order valence-corrected chi connectivity index (χ0v) is 17.1. The van der Waals surface area contributed by atoms with Crippen LogP contribution in [-0.4, -0.2) is 51.3 Å². The molecule has 158 valence electrons. The first kappa shape index (κ1) is 20.3. The Bertz CT molecular complexity index is 902. The van der Waals surface area contributed by atoms with Crippen molar-refractivity contribution in [2.45, 2.75) is 45.1 Å². The number of hydrogen-bond acceptors (Lipinski definition) is 6. The molecule has 2 aliphatic rings. The molecule has 0 unspecified atom stereocenters. The van der Waals surface area contributed by atoms with Crippen LogP contribution in [0.25, 0.3) is 11.5 Å². The first-order valence-corrected chi connectivity index (χ1v) is 10.5. The molecular formula is C22H26N4O4. The van der Waals surface area contributed by atoms with Gasteiger partial charge >= 0.3 is 0 Å². The molecule has 2 atom stereocenters. The first-order chi connectivity index (χ1) is 14.5. The second kappa shape index (κ2) is 8.77. The van der Waals surface area contributed by atoms with E-state index in [1.165, 1.54) is 9.80 Å². The van der Waals surface area contributed by atoms with Crippen molar-refractivity contribution in [1.29, 1.82) is 0 Å². The van der Waals surface area contributed by atoms with E-state index in [1.54, 1.807) is 7.05 Å². The van der Waals surface area contributed by atoms with Crippen LogP contribution in [0, 0.1) is 11.8 Å². The van der Waals surface area contributed by atoms with E-state index < -0.39 is 0 Å². The van der Waals surface area contributed by atoms with E-state index in [-0.39, 0.29) is 42.5 Å². The van der Waals surface area contributed by atoms with Crippen LogP contribution in [0.4, 0.5) is 0 Å². The molecule has 2 fully saturated rings. The largest absolute Gasteiger partial charge is 0.419 e. The third-order valence-electron chi connectivity index (χ3n) is 5.99. The molecule has 3 amide bonds. The van der Waals surface area contributed by atoms with Crippen LogP contribution < -0.4 is 0 Å². The minimum atomic E-state index is -0.138. The highest BCUT2D eigenvalue weighted by molar-refractivity contribution is 6.05. The molecule has 2 aromatic rings. The van der Waals surface area contributed by atoms with Crippen LogP contribution >= 0.6 is 0 Å². The van der Waals surface area contributed by atoms with Crippen molar-refractivity contribution in [1.82, 2.24) is 20.0 Å². The molecule has 0 bridgehead atoms. The molecule has 1 aliphatic carbocycles. The molecule has 0 spiro atoms. The number of carbonyl (C=O) groups excluding carboxylic acids is 3. The summed E-state index contributed by atoms with van der Waals surface area (Å²) in [6.07, 6.45) is 4.35. The third kappa shape index (κ3) is 4.13. The Morgan fingerprint density at radius 3 is 2.43 bits per heavy atom. The Morgan fingerprint density at radius 1 is 1.10 bits per heavy atom. The highest BCUT2D eigenvalue weighted by Crippen LogP contribution is 2.38. The maximum absolute atomic E-state index is 12.5. The van der Waals surface area contributed by atoms with Crippen molar-refractivity contribution in [3.63, 3.8) is 0 Å². The molecule has 0 radical (unpaired) electrons. The number of rotatable bonds is 7. The van der Waals surface area contributed by atoms with Gasteiger partial charge in [0.1, 0.15) is 0 Å². The highest BCUT2D eigenvalue weighted by Gasteiger charge is 2.47. The monoisotopic (exact) mass is 410 g/mol. The van der Waals surface area contributed by atoms with Crippen molar-refractivity contribution in [2.75, 3.05) is 13.6 Å². The van der Waals surface area contributed by atoms with Crippen molar-refractivity contribution in [3.05, 3.63) is 36.2 Å². The van der Waals surface area contributed by atoms with Gasteiger partial charge in [-0.2, -0.15) is 0 Å². The van der Waals surface area contributed by atoms with Gasteiger partial charge in [-0.05, 0) is 31.4 Å². The van der Waals surface area contributed by atoms with E-state index in [0.717, 1.165) is 31.2 Å². The molecule has 4 rings (SSSR count). The SMILES string of the molecule is CN(Cc1nnc(-c2ccccc2)o1)C(=O)CCCN1C(=O)[C@H]2CCCC[C@@H]2C1=O. The first-order valence-electron chi connectivity index (χ1n) is 10.5. The van der Waals surface area contributed by atoms with Crippen LogP contribution in [0.15, 0.2) is 34.7 Å². The van der Waals surface area contributed by atoms with Crippen molar-refractivity contribution < 1.29 is 18.8 Å². The van der Waals surface area contributed by atoms with Gasteiger partial charge in [-0.15, -0.1) is 10.2 Å². The van der Waals surface area contributed by atoms with Gasteiger partial charge in [0.05, 0.1) is 18.4 Å². The lowest BCUT2D eigenvalue weighted by Gasteiger charge is -2.19. The van der Waals surface area contributed by atoms with E-state index >= 15 is 0 Å². The Labute approximate surface area is 175 Å². The zero-order valence-electron chi connectivity index (χ0n) is 17.1. The predicted molar refractivity (Wildman–Crippen MR) is 108 cm³/mol. The Kier molecular flexibility index (Phi) is 5.92. The third-order valence-corrected chi connectivity index (χ3v) is 5.99. The van der Waals surface area contributed by atoms with E-state index in [1.807, 2.05) is 30.3 Å². The molecule has 8 nitrogen and oxygen atoms in total. The fraction of sp³-hybridized carbons (Fsp3) is 0.500. The average Bonchev–Trinajstić information content (AvgIpc) is 3.33. The van der Waals surface area contributed by atoms with Crippen LogP contribution in [0.1, 0.15) is 44.4 Å². The smallest absolute Gasteiger partial charge is 0.247 e. The fourth-order valence-corrected chi connectivity index (χ4v) is 4.34. The fourth-order valence-electron chi connectivity index (χ4n) is 4.34. The van der Waals surface area contributed by atoms with Crippen LogP contribution in [0.2, 0.25) is 0 Å². The predicted octanol–water partition coefficient (Wildman–Crippen LogP) is 2.65. The Morgan fingerprint density at radius 2 is 1.77 bits per heavy atom. The van der Waals surface area contributed by atoms with Crippen molar-refractivity contribution in [3.8, 4) is 11.5 Å². The van der Waals surface area contributed by atoms with Gasteiger partial charge in [-0.25, -0.2) is 0 Å². The number of aromatic nitrogens is 2. The summed E-state index contributed by atoms with van der Waals surface area (Å²) in [4.78, 5) is 40.4. The van der Waals surface area contributed by atoms with Gasteiger partial charge in [0.2, 0.25) is 29.5 Å². The summed E-state index contributed by atoms with van der Waals surface area (Å²) in [6.45, 7) is 0.521. The molecule has 8 heteroatoms. The summed E-state index contributed by atoms with van der Waals surface area (Å²) in [6, 6.07) is 9.44. The maximum atomic E-state index is 12.5. The van der Waals surface area contributed by atoms with Gasteiger partial charge in [-0.1, -0.05) is 31.0 Å². The van der Waals surface area contributed by atoms with E-state index in [2.05, 4.69) is 10.2 Å². The number of fused-ring (bicyclic) bond motifs is 1. The molecule has 0 N–H and O–H groups in total. The van der Waals surface area contributed by atoms with Crippen molar-refractivity contribution in [2.24, 2.45) is 11.8 Å². The van der Waals surface area contributed by atoms with Gasteiger partial charge < -0.3 is 9.32 Å². The summed E-state index contributed by atoms with van der Waals surface area (Å²) in [5, 5.41) is 8.04. The van der Waals surface area contributed by atoms with Gasteiger partial charge in [-0.3, -0.25) is 19.3 Å². The molecular weight excluding hydrogens is 384 g/mol. The number of nitrogens with zero attached hydrogens (tertiary/aromatic N) is 4. The maximum Gasteiger partial charge on any atom is 0.247 e. The summed E-state index contributed by atoms with van der Waals surface area (Å²) in [5.74, 6) is 0.306. The summed E-state index contributed by atoms with van der Waals surface area (Å²) < 4.78 is 5.64. The van der Waals surface area contributed by atoms with Crippen molar-refractivity contribution >= 4 is 17.7 Å². The standard InChI is InChI=1S/C22H26N4O4/c1-25(14-18-23-24-20(30-18)15-8-3-2-4-9-15)19(27)12-7-13-26-21(28)16-10-5-6-11-17(16)22(26)29/h2-4,8-9,16-17H,5-7,10-14H2,1H3/t16-,17-/m0/s1. The highest BCUT2D eigenvalue weighted by atomic mass is 16.4. The number of imide groups is 1. The normalized spacial score (nSPS) is 21.0. The van der Waals surface area contributed by atoms with Crippen LogP contribution in [0.5, 0.6) is 0 Å². The molecule has 1 aromatic heterocycles. The lowest BCUT2D eigenvalue weighted by atomic mass is 9.81. The second-order valence-electron chi connectivity index (χ2n) is 8.05. The Balaban J connectivity index is 1.26. The summed E-state index contributed by atoms with van der Waals surface area (Å²) in [5.41, 5.74) is 0.825. The summed E-state index contributed by atoms with van der Waals surface area (Å²) >= 11 is 0. The molecule has 1 aliphatic heterocycles. The topological polar surface area (TPSA) is 96.6 Å². The van der Waals surface area contributed by atoms with Crippen LogP contribution in [-0.2, 0) is 20.9 Å². The lowest BCUT2D eigenvalue weighted by Crippen LogP contribution is -2.33. The minimum absolute atomic E-state index is 0.0511.